The molecule has 0 aliphatic rings. The molecule has 21 heavy (non-hydrogen) atoms. The first kappa shape index (κ1) is 15.7. The Morgan fingerprint density at radius 2 is 1.95 bits per heavy atom. The zero-order chi connectivity index (χ0) is 15.6. The van der Waals surface area contributed by atoms with Crippen molar-refractivity contribution >= 4 is 10.0 Å². The van der Waals surface area contributed by atoms with Crippen molar-refractivity contribution in [2.24, 2.45) is 14.1 Å². The predicted octanol–water partition coefficient (Wildman–Crippen LogP) is 0.265. The van der Waals surface area contributed by atoms with Gasteiger partial charge in [0.15, 0.2) is 0 Å². The third kappa shape index (κ3) is 3.52. The van der Waals surface area contributed by atoms with E-state index in [-0.39, 0.29) is 11.4 Å². The fourth-order valence-electron chi connectivity index (χ4n) is 2.16. The van der Waals surface area contributed by atoms with Crippen molar-refractivity contribution in [1.82, 2.24) is 24.4 Å². The van der Waals surface area contributed by atoms with E-state index < -0.39 is 10.0 Å². The predicted molar refractivity (Wildman–Crippen MR) is 80.1 cm³/mol. The number of nitrogens with one attached hydrogen (secondary N) is 2. The van der Waals surface area contributed by atoms with Gasteiger partial charge >= 0.3 is 0 Å². The molecule has 0 fully saturated rings. The quantitative estimate of drug-likeness (QED) is 0.802. The zero-order valence-electron chi connectivity index (χ0n) is 12.7. The van der Waals surface area contributed by atoms with Gasteiger partial charge in [0.05, 0.1) is 10.6 Å². The number of aromatic nitrogens is 3. The molecule has 0 bridgehead atoms. The lowest BCUT2D eigenvalue weighted by Crippen LogP contribution is -2.23. The highest BCUT2D eigenvalue weighted by atomic mass is 32.2. The minimum atomic E-state index is -3.52. The fraction of sp³-hybridized carbons (Fsp3) is 0.462. The van der Waals surface area contributed by atoms with Crippen LogP contribution in [0.1, 0.15) is 17.0 Å². The topological polar surface area (TPSA) is 81.0 Å². The summed E-state index contributed by atoms with van der Waals surface area (Å²) in [5.74, 6) is 0. The molecule has 0 saturated carbocycles. The molecule has 0 aromatic carbocycles. The minimum absolute atomic E-state index is 0.234. The molecule has 0 saturated heterocycles. The summed E-state index contributed by atoms with van der Waals surface area (Å²) in [5.41, 5.74) is 2.60. The molecule has 2 aromatic heterocycles. The molecular weight excluding hydrogens is 290 g/mol. The second kappa shape index (κ2) is 6.00. The molecule has 0 spiro atoms. The lowest BCUT2D eigenvalue weighted by atomic mass is 10.3. The molecule has 0 atom stereocenters. The van der Waals surface area contributed by atoms with Crippen molar-refractivity contribution in [3.05, 3.63) is 35.4 Å². The van der Waals surface area contributed by atoms with E-state index >= 15 is 0 Å². The normalized spacial score (nSPS) is 12.0. The minimum Gasteiger partial charge on any atom is -0.352 e. The summed E-state index contributed by atoms with van der Waals surface area (Å²) in [5, 5.41) is 7.21. The summed E-state index contributed by atoms with van der Waals surface area (Å²) in [6, 6.07) is 1.68. The van der Waals surface area contributed by atoms with Crippen LogP contribution in [-0.4, -0.2) is 29.8 Å². The molecule has 0 amide bonds. The lowest BCUT2D eigenvalue weighted by Gasteiger charge is -2.03. The second-order valence-electron chi connectivity index (χ2n) is 5.05. The van der Waals surface area contributed by atoms with Crippen LogP contribution >= 0.6 is 0 Å². The molecule has 2 heterocycles. The number of nitrogens with zero attached hydrogens (tertiary/aromatic N) is 3. The van der Waals surface area contributed by atoms with Crippen molar-refractivity contribution in [1.29, 1.82) is 0 Å². The Hall–Kier alpha value is -1.64. The van der Waals surface area contributed by atoms with E-state index in [1.54, 1.807) is 21.5 Å². The van der Waals surface area contributed by atoms with E-state index in [9.17, 15) is 8.42 Å². The molecule has 0 aliphatic heterocycles. The maximum Gasteiger partial charge on any atom is 0.242 e. The molecule has 0 aliphatic carbocycles. The standard InChI is InChI=1S/C13H21N5O2S/c1-10-11(8-18(4)16-10)6-15-21(19,20)13-5-12(7-14-2)17(3)9-13/h5,8-9,14-15H,6-7H2,1-4H3. The van der Waals surface area contributed by atoms with Crippen LogP contribution in [0.4, 0.5) is 0 Å². The fourth-order valence-corrected chi connectivity index (χ4v) is 3.26. The third-order valence-electron chi connectivity index (χ3n) is 3.32. The van der Waals surface area contributed by atoms with Gasteiger partial charge in [-0.15, -0.1) is 0 Å². The molecule has 2 aromatic rings. The van der Waals surface area contributed by atoms with E-state index in [0.29, 0.717) is 6.54 Å². The molecule has 0 unspecified atom stereocenters. The van der Waals surface area contributed by atoms with Crippen molar-refractivity contribution < 1.29 is 8.42 Å². The molecule has 8 heteroatoms. The molecule has 116 valence electrons. The van der Waals surface area contributed by atoms with Gasteiger partial charge in [0.25, 0.3) is 0 Å². The van der Waals surface area contributed by atoms with Gasteiger partial charge in [0.1, 0.15) is 0 Å². The van der Waals surface area contributed by atoms with Gasteiger partial charge in [-0.3, -0.25) is 4.68 Å². The van der Waals surface area contributed by atoms with Gasteiger partial charge in [0.2, 0.25) is 10.0 Å². The monoisotopic (exact) mass is 311 g/mol. The Labute approximate surface area is 125 Å². The average molecular weight is 311 g/mol. The van der Waals surface area contributed by atoms with Crippen LogP contribution in [0, 0.1) is 6.92 Å². The summed E-state index contributed by atoms with van der Waals surface area (Å²) in [7, 11) is 1.94. The average Bonchev–Trinajstić information content (AvgIpc) is 2.92. The number of hydrogen-bond acceptors (Lipinski definition) is 4. The van der Waals surface area contributed by atoms with Gasteiger partial charge in [-0.2, -0.15) is 5.10 Å². The Morgan fingerprint density at radius 3 is 2.52 bits per heavy atom. The van der Waals surface area contributed by atoms with Gasteiger partial charge in [-0.1, -0.05) is 0 Å². The van der Waals surface area contributed by atoms with Crippen LogP contribution in [-0.2, 0) is 37.2 Å². The number of hydrogen-bond donors (Lipinski definition) is 2. The van der Waals surface area contributed by atoms with Crippen LogP contribution in [0.3, 0.4) is 0 Å². The number of aryl methyl sites for hydroxylation is 3. The van der Waals surface area contributed by atoms with Crippen LogP contribution in [0.2, 0.25) is 0 Å². The highest BCUT2D eigenvalue weighted by Crippen LogP contribution is 2.14. The van der Waals surface area contributed by atoms with Gasteiger partial charge in [0, 0.05) is 50.8 Å². The van der Waals surface area contributed by atoms with Crippen LogP contribution in [0.5, 0.6) is 0 Å². The summed E-state index contributed by atoms with van der Waals surface area (Å²) >= 11 is 0. The third-order valence-corrected chi connectivity index (χ3v) is 4.69. The summed E-state index contributed by atoms with van der Waals surface area (Å²) in [6.45, 7) is 2.71. The first-order chi connectivity index (χ1) is 9.83. The smallest absolute Gasteiger partial charge is 0.242 e. The second-order valence-corrected chi connectivity index (χ2v) is 6.81. The number of sulfonamides is 1. The molecule has 2 rings (SSSR count). The zero-order valence-corrected chi connectivity index (χ0v) is 13.5. The van der Waals surface area contributed by atoms with Crippen molar-refractivity contribution in [2.45, 2.75) is 24.9 Å². The Kier molecular flexibility index (Phi) is 4.50. The molecule has 7 nitrogen and oxygen atoms in total. The van der Waals surface area contributed by atoms with E-state index in [2.05, 4.69) is 15.1 Å². The molecule has 0 radical (unpaired) electrons. The van der Waals surface area contributed by atoms with Gasteiger partial charge in [-0.05, 0) is 20.0 Å². The Bertz CT molecular complexity index is 730. The van der Waals surface area contributed by atoms with Crippen LogP contribution in [0.25, 0.3) is 0 Å². The summed E-state index contributed by atoms with van der Waals surface area (Å²) in [4.78, 5) is 0.275. The van der Waals surface area contributed by atoms with Crippen LogP contribution < -0.4 is 10.0 Å². The van der Waals surface area contributed by atoms with E-state index in [1.807, 2.05) is 34.3 Å². The van der Waals surface area contributed by atoms with E-state index in [4.69, 9.17) is 0 Å². The lowest BCUT2D eigenvalue weighted by molar-refractivity contribution is 0.581. The number of rotatable bonds is 6. The van der Waals surface area contributed by atoms with Gasteiger partial charge in [-0.25, -0.2) is 13.1 Å². The molecular formula is C13H21N5O2S. The highest BCUT2D eigenvalue weighted by molar-refractivity contribution is 7.89. The Morgan fingerprint density at radius 1 is 1.24 bits per heavy atom. The Balaban J connectivity index is 2.15. The maximum atomic E-state index is 12.3. The van der Waals surface area contributed by atoms with E-state index in [0.717, 1.165) is 17.0 Å². The van der Waals surface area contributed by atoms with E-state index in [1.165, 1.54) is 0 Å². The van der Waals surface area contributed by atoms with Crippen molar-refractivity contribution in [3.63, 3.8) is 0 Å². The molecule has 2 N–H and O–H groups in total. The SMILES string of the molecule is CNCc1cc(S(=O)(=O)NCc2cn(C)nc2C)cn1C. The maximum absolute atomic E-state index is 12.3. The van der Waals surface area contributed by atoms with Crippen molar-refractivity contribution in [2.75, 3.05) is 7.05 Å². The van der Waals surface area contributed by atoms with Crippen LogP contribution in [0.15, 0.2) is 23.4 Å². The summed E-state index contributed by atoms with van der Waals surface area (Å²) in [6.07, 6.45) is 3.43. The highest BCUT2D eigenvalue weighted by Gasteiger charge is 2.18. The van der Waals surface area contributed by atoms with Crippen molar-refractivity contribution in [3.8, 4) is 0 Å². The van der Waals surface area contributed by atoms with Gasteiger partial charge < -0.3 is 9.88 Å². The first-order valence-corrected chi connectivity index (χ1v) is 8.10. The largest absolute Gasteiger partial charge is 0.352 e. The summed E-state index contributed by atoms with van der Waals surface area (Å²) < 4.78 is 30.7. The first-order valence-electron chi connectivity index (χ1n) is 6.62.